The minimum atomic E-state index is 0.843. The quantitative estimate of drug-likeness (QED) is 0.511. The monoisotopic (exact) mass is 136 g/mol. The summed E-state index contributed by atoms with van der Waals surface area (Å²) >= 11 is 0. The van der Waals surface area contributed by atoms with Crippen molar-refractivity contribution in [2.75, 3.05) is 0 Å². The molecule has 10 heavy (non-hydrogen) atoms. The zero-order valence-corrected chi connectivity index (χ0v) is 6.98. The van der Waals surface area contributed by atoms with Crippen LogP contribution in [0, 0.1) is 11.8 Å². The summed E-state index contributed by atoms with van der Waals surface area (Å²) in [6, 6.07) is 0. The SMILES string of the molecule is CC(C)C1=C(C2CCC2)C1. The maximum Gasteiger partial charge on any atom is -0.00973 e. The molecule has 56 valence electrons. The molecular formula is C10H16. The van der Waals surface area contributed by atoms with Gasteiger partial charge >= 0.3 is 0 Å². The Balaban J connectivity index is 1.96. The Kier molecular flexibility index (Phi) is 1.36. The number of rotatable bonds is 2. The predicted octanol–water partition coefficient (Wildman–Crippen LogP) is 3.14. The third kappa shape index (κ3) is 0.902. The zero-order valence-electron chi connectivity index (χ0n) is 6.98. The second kappa shape index (κ2) is 2.11. The Morgan fingerprint density at radius 1 is 1.30 bits per heavy atom. The first-order valence-electron chi connectivity index (χ1n) is 4.51. The smallest absolute Gasteiger partial charge is 0.00973 e. The fourth-order valence-electron chi connectivity index (χ4n) is 1.90. The van der Waals surface area contributed by atoms with E-state index in [9.17, 15) is 0 Å². The van der Waals surface area contributed by atoms with Gasteiger partial charge in [-0.15, -0.1) is 0 Å². The van der Waals surface area contributed by atoms with Gasteiger partial charge in [-0.25, -0.2) is 0 Å². The van der Waals surface area contributed by atoms with Crippen molar-refractivity contribution in [1.29, 1.82) is 0 Å². The minimum absolute atomic E-state index is 0.843. The van der Waals surface area contributed by atoms with Crippen LogP contribution in [0.4, 0.5) is 0 Å². The summed E-state index contributed by atoms with van der Waals surface area (Å²) in [4.78, 5) is 0. The molecule has 0 unspecified atom stereocenters. The van der Waals surface area contributed by atoms with Gasteiger partial charge in [0, 0.05) is 0 Å². The highest BCUT2D eigenvalue weighted by Crippen LogP contribution is 2.48. The van der Waals surface area contributed by atoms with Crippen molar-refractivity contribution in [3.63, 3.8) is 0 Å². The highest BCUT2D eigenvalue weighted by Gasteiger charge is 2.33. The van der Waals surface area contributed by atoms with Crippen LogP contribution in [-0.4, -0.2) is 0 Å². The summed E-state index contributed by atoms with van der Waals surface area (Å²) in [5.41, 5.74) is 3.62. The number of hydrogen-bond donors (Lipinski definition) is 0. The lowest BCUT2D eigenvalue weighted by molar-refractivity contribution is 0.375. The lowest BCUT2D eigenvalue weighted by Gasteiger charge is -2.22. The summed E-state index contributed by atoms with van der Waals surface area (Å²) in [6.45, 7) is 4.64. The van der Waals surface area contributed by atoms with Crippen molar-refractivity contribution in [3.8, 4) is 0 Å². The van der Waals surface area contributed by atoms with Gasteiger partial charge in [-0.3, -0.25) is 0 Å². The molecule has 0 aromatic rings. The first-order chi connectivity index (χ1) is 4.79. The van der Waals surface area contributed by atoms with Gasteiger partial charge in [0.25, 0.3) is 0 Å². The van der Waals surface area contributed by atoms with Crippen LogP contribution in [0.1, 0.15) is 39.5 Å². The molecule has 0 N–H and O–H groups in total. The van der Waals surface area contributed by atoms with Gasteiger partial charge in [-0.2, -0.15) is 0 Å². The van der Waals surface area contributed by atoms with Crippen LogP contribution >= 0.6 is 0 Å². The predicted molar refractivity (Wildman–Crippen MR) is 43.8 cm³/mol. The molecule has 2 aliphatic carbocycles. The molecule has 0 bridgehead atoms. The molecule has 0 aliphatic heterocycles. The first-order valence-corrected chi connectivity index (χ1v) is 4.51. The first kappa shape index (κ1) is 6.45. The molecule has 0 heterocycles. The van der Waals surface area contributed by atoms with Crippen molar-refractivity contribution in [3.05, 3.63) is 11.1 Å². The Morgan fingerprint density at radius 2 is 2.00 bits per heavy atom. The van der Waals surface area contributed by atoms with Gasteiger partial charge < -0.3 is 0 Å². The highest BCUT2D eigenvalue weighted by molar-refractivity contribution is 5.39. The van der Waals surface area contributed by atoms with E-state index in [1.165, 1.54) is 25.7 Å². The second-order valence-corrected chi connectivity index (χ2v) is 4.01. The van der Waals surface area contributed by atoms with Gasteiger partial charge in [0.1, 0.15) is 0 Å². The normalized spacial score (nSPS) is 25.5. The van der Waals surface area contributed by atoms with Crippen LogP contribution in [0.5, 0.6) is 0 Å². The minimum Gasteiger partial charge on any atom is -0.0638 e. The molecular weight excluding hydrogens is 120 g/mol. The molecule has 2 rings (SSSR count). The van der Waals surface area contributed by atoms with E-state index in [0.717, 1.165) is 11.8 Å². The third-order valence-corrected chi connectivity index (χ3v) is 2.96. The molecule has 0 nitrogen and oxygen atoms in total. The molecule has 0 radical (unpaired) electrons. The van der Waals surface area contributed by atoms with Crippen molar-refractivity contribution in [2.24, 2.45) is 11.8 Å². The van der Waals surface area contributed by atoms with Gasteiger partial charge in [0.05, 0.1) is 0 Å². The maximum atomic E-state index is 2.32. The Labute approximate surface area is 63.3 Å². The van der Waals surface area contributed by atoms with Gasteiger partial charge in [0.15, 0.2) is 0 Å². The molecule has 1 saturated carbocycles. The topological polar surface area (TPSA) is 0 Å². The largest absolute Gasteiger partial charge is 0.0638 e. The van der Waals surface area contributed by atoms with E-state index < -0.39 is 0 Å². The van der Waals surface area contributed by atoms with Crippen LogP contribution in [-0.2, 0) is 0 Å². The summed E-state index contributed by atoms with van der Waals surface area (Å²) < 4.78 is 0. The molecule has 0 aromatic heterocycles. The molecule has 0 spiro atoms. The van der Waals surface area contributed by atoms with E-state index in [4.69, 9.17) is 0 Å². The average molecular weight is 136 g/mol. The van der Waals surface area contributed by atoms with Gasteiger partial charge in [-0.1, -0.05) is 31.4 Å². The number of hydrogen-bond acceptors (Lipinski definition) is 0. The standard InChI is InChI=1S/C10H16/c1-7(2)9-6-10(9)8-4-3-5-8/h7-8H,3-6H2,1-2H3. The van der Waals surface area contributed by atoms with Crippen LogP contribution < -0.4 is 0 Å². The zero-order chi connectivity index (χ0) is 7.14. The van der Waals surface area contributed by atoms with Crippen molar-refractivity contribution in [1.82, 2.24) is 0 Å². The van der Waals surface area contributed by atoms with E-state index in [0.29, 0.717) is 0 Å². The fraction of sp³-hybridized carbons (Fsp3) is 0.800. The summed E-state index contributed by atoms with van der Waals surface area (Å²) in [6.07, 6.45) is 5.86. The summed E-state index contributed by atoms with van der Waals surface area (Å²) in [5.74, 6) is 1.88. The summed E-state index contributed by atoms with van der Waals surface area (Å²) in [7, 11) is 0. The van der Waals surface area contributed by atoms with E-state index >= 15 is 0 Å². The van der Waals surface area contributed by atoms with Gasteiger partial charge in [-0.05, 0) is 31.1 Å². The van der Waals surface area contributed by atoms with Crippen LogP contribution in [0.3, 0.4) is 0 Å². The molecule has 1 fully saturated rings. The van der Waals surface area contributed by atoms with Gasteiger partial charge in [0.2, 0.25) is 0 Å². The fourth-order valence-corrected chi connectivity index (χ4v) is 1.90. The molecule has 2 aliphatic rings. The van der Waals surface area contributed by atoms with Crippen molar-refractivity contribution in [2.45, 2.75) is 39.5 Å². The molecule has 0 amide bonds. The maximum absolute atomic E-state index is 2.32. The van der Waals surface area contributed by atoms with Crippen molar-refractivity contribution >= 4 is 0 Å². The van der Waals surface area contributed by atoms with E-state index in [1.54, 1.807) is 5.57 Å². The Bertz CT molecular complexity index is 170. The third-order valence-electron chi connectivity index (χ3n) is 2.96. The van der Waals surface area contributed by atoms with Crippen molar-refractivity contribution < 1.29 is 0 Å². The lowest BCUT2D eigenvalue weighted by atomic mass is 9.83. The Morgan fingerprint density at radius 3 is 2.30 bits per heavy atom. The van der Waals surface area contributed by atoms with E-state index in [1.807, 2.05) is 5.57 Å². The van der Waals surface area contributed by atoms with Crippen LogP contribution in [0.2, 0.25) is 0 Å². The molecule has 0 saturated heterocycles. The molecule has 0 heteroatoms. The highest BCUT2D eigenvalue weighted by atomic mass is 14.4. The second-order valence-electron chi connectivity index (χ2n) is 4.01. The summed E-state index contributed by atoms with van der Waals surface area (Å²) in [5, 5.41) is 0. The van der Waals surface area contributed by atoms with E-state index in [2.05, 4.69) is 13.8 Å². The van der Waals surface area contributed by atoms with Crippen LogP contribution in [0.15, 0.2) is 11.1 Å². The molecule has 0 aromatic carbocycles. The Hall–Kier alpha value is -0.260. The lowest BCUT2D eigenvalue weighted by Crippen LogP contribution is -2.08. The number of allylic oxidation sites excluding steroid dienone is 2. The average Bonchev–Trinajstić information content (AvgIpc) is 2.40. The van der Waals surface area contributed by atoms with Crippen LogP contribution in [0.25, 0.3) is 0 Å². The van der Waals surface area contributed by atoms with E-state index in [-0.39, 0.29) is 0 Å². The molecule has 0 atom stereocenters.